The normalized spacial score (nSPS) is 15.9. The van der Waals surface area contributed by atoms with Crippen molar-refractivity contribution in [2.24, 2.45) is 0 Å². The first-order chi connectivity index (χ1) is 19.2. The molecule has 3 aromatic rings. The van der Waals surface area contributed by atoms with Gasteiger partial charge in [0.05, 0.1) is 19.9 Å². The number of hydrogen-bond acceptors (Lipinski definition) is 5. The lowest BCUT2D eigenvalue weighted by Crippen LogP contribution is -2.47. The second-order valence-corrected chi connectivity index (χ2v) is 9.98. The predicted molar refractivity (Wildman–Crippen MR) is 143 cm³/mol. The Morgan fingerprint density at radius 3 is 2.27 bits per heavy atom. The number of carbonyl (C=O) groups excluding carboxylic acids is 2. The number of pyridine rings is 1. The van der Waals surface area contributed by atoms with Gasteiger partial charge >= 0.3 is 0 Å². The van der Waals surface area contributed by atoms with Gasteiger partial charge in [-0.1, -0.05) is 6.07 Å². The van der Waals surface area contributed by atoms with Gasteiger partial charge in [0.15, 0.2) is 23.1 Å². The molecule has 1 saturated heterocycles. The van der Waals surface area contributed by atoms with Crippen LogP contribution in [0, 0.1) is 24.4 Å². The van der Waals surface area contributed by atoms with Gasteiger partial charge in [0, 0.05) is 48.6 Å². The summed E-state index contributed by atoms with van der Waals surface area (Å²) in [6.45, 7) is 2.66. The van der Waals surface area contributed by atoms with E-state index in [4.69, 9.17) is 9.47 Å². The first-order valence-corrected chi connectivity index (χ1v) is 12.8. The molecule has 5 rings (SSSR count). The Morgan fingerprint density at radius 1 is 0.975 bits per heavy atom. The molecule has 2 amide bonds. The van der Waals surface area contributed by atoms with Gasteiger partial charge in [-0.3, -0.25) is 14.6 Å². The standard InChI is InChI=1S/C30H28F3N3O4/c1-18-5-4-6-20(34-18)8-10-25(37)35-13-11-30(12-14-35)17-36(22-9-7-19(31)15-21(22)30)29(38)26-27(32)23(39-2)16-24(40-3)28(26)33/h4-10,15-16H,11-14,17H2,1-3H3/b10-8+. The van der Waals surface area contributed by atoms with Gasteiger partial charge < -0.3 is 19.3 Å². The fourth-order valence-electron chi connectivity index (χ4n) is 5.53. The summed E-state index contributed by atoms with van der Waals surface area (Å²) in [6.07, 6.45) is 4.00. The molecule has 208 valence electrons. The van der Waals surface area contributed by atoms with Gasteiger partial charge in [0.2, 0.25) is 5.91 Å². The molecular formula is C30H28F3N3O4. The third-order valence-corrected chi connectivity index (χ3v) is 7.65. The molecule has 0 N–H and O–H groups in total. The summed E-state index contributed by atoms with van der Waals surface area (Å²) in [4.78, 5) is 33.9. The van der Waals surface area contributed by atoms with E-state index in [1.54, 1.807) is 17.0 Å². The van der Waals surface area contributed by atoms with E-state index in [9.17, 15) is 14.0 Å². The number of anilines is 1. The molecule has 7 nitrogen and oxygen atoms in total. The van der Waals surface area contributed by atoms with Crippen molar-refractivity contribution in [3.63, 3.8) is 0 Å². The van der Waals surface area contributed by atoms with Crippen LogP contribution in [0.25, 0.3) is 6.08 Å². The van der Waals surface area contributed by atoms with Crippen LogP contribution in [0.3, 0.4) is 0 Å². The molecule has 1 spiro atoms. The molecule has 40 heavy (non-hydrogen) atoms. The van der Waals surface area contributed by atoms with Crippen LogP contribution >= 0.6 is 0 Å². The first-order valence-electron chi connectivity index (χ1n) is 12.8. The molecule has 10 heteroatoms. The van der Waals surface area contributed by atoms with E-state index in [-0.39, 0.29) is 24.0 Å². The molecule has 1 aromatic heterocycles. The smallest absolute Gasteiger partial charge is 0.264 e. The van der Waals surface area contributed by atoms with Crippen LogP contribution in [0.5, 0.6) is 11.5 Å². The summed E-state index contributed by atoms with van der Waals surface area (Å²) >= 11 is 0. The van der Waals surface area contributed by atoms with Gasteiger partial charge in [-0.05, 0) is 61.7 Å². The summed E-state index contributed by atoms with van der Waals surface area (Å²) < 4.78 is 54.8. The first kappa shape index (κ1) is 27.2. The highest BCUT2D eigenvalue weighted by molar-refractivity contribution is 6.08. The van der Waals surface area contributed by atoms with E-state index in [0.29, 0.717) is 42.9 Å². The van der Waals surface area contributed by atoms with Crippen LogP contribution in [0.1, 0.15) is 40.2 Å². The minimum Gasteiger partial charge on any atom is -0.494 e. The molecule has 3 heterocycles. The lowest BCUT2D eigenvalue weighted by Gasteiger charge is -2.39. The minimum atomic E-state index is -1.15. The number of aromatic nitrogens is 1. The SMILES string of the molecule is COc1cc(OC)c(F)c(C(=O)N2CC3(CCN(C(=O)/C=C/c4cccc(C)n4)CC3)c3cc(F)ccc32)c1F. The number of halogens is 3. The van der Waals surface area contributed by atoms with Crippen molar-refractivity contribution in [3.05, 3.63) is 88.5 Å². The van der Waals surface area contributed by atoms with Crippen molar-refractivity contribution in [3.8, 4) is 11.5 Å². The Bertz CT molecular complexity index is 1490. The molecule has 0 radical (unpaired) electrons. The van der Waals surface area contributed by atoms with E-state index in [2.05, 4.69) is 4.98 Å². The highest BCUT2D eigenvalue weighted by Crippen LogP contribution is 2.48. The van der Waals surface area contributed by atoms with E-state index in [1.807, 2.05) is 19.1 Å². The van der Waals surface area contributed by atoms with Crippen LogP contribution < -0.4 is 14.4 Å². The molecule has 0 atom stereocenters. The Kier molecular flexibility index (Phi) is 7.27. The van der Waals surface area contributed by atoms with E-state index in [1.165, 1.54) is 43.4 Å². The molecule has 2 aliphatic rings. The molecule has 0 bridgehead atoms. The Labute approximate surface area is 229 Å². The number of hydrogen-bond donors (Lipinski definition) is 0. The molecule has 0 aliphatic carbocycles. The van der Waals surface area contributed by atoms with E-state index >= 15 is 8.78 Å². The molecule has 0 unspecified atom stereocenters. The number of benzene rings is 2. The van der Waals surface area contributed by atoms with Gasteiger partial charge in [-0.2, -0.15) is 0 Å². The number of aryl methyl sites for hydroxylation is 1. The van der Waals surface area contributed by atoms with Crippen LogP contribution in [-0.4, -0.2) is 55.6 Å². The van der Waals surface area contributed by atoms with Gasteiger partial charge in [-0.25, -0.2) is 13.2 Å². The molecular weight excluding hydrogens is 523 g/mol. The predicted octanol–water partition coefficient (Wildman–Crippen LogP) is 5.06. The number of fused-ring (bicyclic) bond motifs is 2. The second-order valence-electron chi connectivity index (χ2n) is 9.98. The molecule has 0 saturated carbocycles. The number of methoxy groups -OCH3 is 2. The highest BCUT2D eigenvalue weighted by Gasteiger charge is 2.48. The lowest BCUT2D eigenvalue weighted by atomic mass is 9.74. The quantitative estimate of drug-likeness (QED) is 0.415. The summed E-state index contributed by atoms with van der Waals surface area (Å²) in [5.41, 5.74) is 0.950. The fourth-order valence-corrected chi connectivity index (χ4v) is 5.53. The molecule has 2 aliphatic heterocycles. The fraction of sp³-hybridized carbons (Fsp3) is 0.300. The molecule has 1 fully saturated rings. The third-order valence-electron chi connectivity index (χ3n) is 7.65. The average molecular weight is 552 g/mol. The van der Waals surface area contributed by atoms with Crippen molar-refractivity contribution in [2.45, 2.75) is 25.2 Å². The number of amides is 2. The number of rotatable bonds is 5. The highest BCUT2D eigenvalue weighted by atomic mass is 19.1. The van der Waals surface area contributed by atoms with Gasteiger partial charge in [0.25, 0.3) is 5.91 Å². The Morgan fingerprint density at radius 2 is 1.65 bits per heavy atom. The van der Waals surface area contributed by atoms with Crippen LogP contribution in [-0.2, 0) is 10.2 Å². The van der Waals surface area contributed by atoms with Gasteiger partial charge in [0.1, 0.15) is 11.4 Å². The summed E-state index contributed by atoms with van der Waals surface area (Å²) in [5, 5.41) is 0. The molecule has 2 aromatic carbocycles. The van der Waals surface area contributed by atoms with Crippen molar-refractivity contribution in [1.29, 1.82) is 0 Å². The van der Waals surface area contributed by atoms with Crippen LogP contribution in [0.2, 0.25) is 0 Å². The van der Waals surface area contributed by atoms with E-state index in [0.717, 1.165) is 11.8 Å². The van der Waals surface area contributed by atoms with Crippen LogP contribution in [0.15, 0.2) is 48.5 Å². The summed E-state index contributed by atoms with van der Waals surface area (Å²) in [6, 6.07) is 10.6. The maximum atomic E-state index is 15.2. The van der Waals surface area contributed by atoms with Crippen molar-refractivity contribution in [1.82, 2.24) is 9.88 Å². The van der Waals surface area contributed by atoms with Crippen molar-refractivity contribution < 1.29 is 32.2 Å². The zero-order chi connectivity index (χ0) is 28.6. The zero-order valence-corrected chi connectivity index (χ0v) is 22.3. The van der Waals surface area contributed by atoms with E-state index < -0.39 is 34.3 Å². The Balaban J connectivity index is 1.41. The third kappa shape index (κ3) is 4.78. The maximum Gasteiger partial charge on any atom is 0.264 e. The topological polar surface area (TPSA) is 72.0 Å². The Hall–Kier alpha value is -4.34. The monoisotopic (exact) mass is 551 g/mol. The average Bonchev–Trinajstić information content (AvgIpc) is 3.25. The summed E-state index contributed by atoms with van der Waals surface area (Å²) in [5.74, 6) is -4.57. The van der Waals surface area contributed by atoms with Crippen molar-refractivity contribution >= 4 is 23.6 Å². The maximum absolute atomic E-state index is 15.2. The minimum absolute atomic E-state index is 0.0775. The van der Waals surface area contributed by atoms with Crippen LogP contribution in [0.4, 0.5) is 18.9 Å². The van der Waals surface area contributed by atoms with Gasteiger partial charge in [-0.15, -0.1) is 0 Å². The number of likely N-dealkylation sites (tertiary alicyclic amines) is 1. The van der Waals surface area contributed by atoms with Crippen molar-refractivity contribution in [2.75, 3.05) is 38.8 Å². The number of piperidine rings is 1. The number of carbonyl (C=O) groups is 2. The number of ether oxygens (including phenoxy) is 2. The summed E-state index contributed by atoms with van der Waals surface area (Å²) in [7, 11) is 2.41. The number of nitrogens with zero attached hydrogens (tertiary/aromatic N) is 3. The second kappa shape index (κ2) is 10.7. The largest absolute Gasteiger partial charge is 0.494 e. The zero-order valence-electron chi connectivity index (χ0n) is 22.3. The lowest BCUT2D eigenvalue weighted by molar-refractivity contribution is -0.127.